The maximum absolute atomic E-state index is 12.0. The van der Waals surface area contributed by atoms with Gasteiger partial charge in [-0.2, -0.15) is 0 Å². The normalized spacial score (nSPS) is 17.6. The summed E-state index contributed by atoms with van der Waals surface area (Å²) in [4.78, 5) is 12.0. The van der Waals surface area contributed by atoms with E-state index < -0.39 is 0 Å². The van der Waals surface area contributed by atoms with Crippen LogP contribution in [0.4, 0.5) is 0 Å². The Morgan fingerprint density at radius 3 is 3.00 bits per heavy atom. The van der Waals surface area contributed by atoms with Gasteiger partial charge in [0.25, 0.3) is 0 Å². The van der Waals surface area contributed by atoms with Crippen molar-refractivity contribution in [2.75, 3.05) is 25.3 Å². The lowest BCUT2D eigenvalue weighted by Gasteiger charge is -2.14. The van der Waals surface area contributed by atoms with Crippen molar-refractivity contribution in [3.05, 3.63) is 22.7 Å². The van der Waals surface area contributed by atoms with Gasteiger partial charge in [-0.15, -0.1) is 11.8 Å². The average molecular weight is 331 g/mol. The number of ether oxygens (including phenoxy) is 2. The molecule has 0 saturated carbocycles. The molecule has 0 radical (unpaired) electrons. The third-order valence-corrected chi connectivity index (χ3v) is 4.30. The summed E-state index contributed by atoms with van der Waals surface area (Å²) in [5, 5.41) is 6.52. The summed E-state index contributed by atoms with van der Waals surface area (Å²) in [6.45, 7) is 2.80. The monoisotopic (exact) mass is 330 g/mol. The van der Waals surface area contributed by atoms with E-state index in [1.165, 1.54) is 0 Å². The number of carbonyl (C=O) groups excluding carboxylic acids is 1. The van der Waals surface area contributed by atoms with Crippen molar-refractivity contribution in [1.29, 1.82) is 0 Å². The van der Waals surface area contributed by atoms with Crippen LogP contribution in [-0.4, -0.2) is 37.3 Å². The number of benzene rings is 1. The minimum Gasteiger partial charge on any atom is -0.493 e. The Balaban J connectivity index is 2.02. The molecule has 1 saturated heterocycles. The van der Waals surface area contributed by atoms with Crippen molar-refractivity contribution in [3.8, 4) is 11.5 Å². The largest absolute Gasteiger partial charge is 0.493 e. The van der Waals surface area contributed by atoms with E-state index in [9.17, 15) is 4.79 Å². The molecule has 0 aliphatic carbocycles. The van der Waals surface area contributed by atoms with Gasteiger partial charge in [0.2, 0.25) is 5.91 Å². The summed E-state index contributed by atoms with van der Waals surface area (Å²) in [5.74, 6) is 2.73. The van der Waals surface area contributed by atoms with E-state index in [1.54, 1.807) is 24.9 Å². The Morgan fingerprint density at radius 1 is 1.57 bits per heavy atom. The van der Waals surface area contributed by atoms with Crippen molar-refractivity contribution in [2.45, 2.75) is 19.5 Å². The van der Waals surface area contributed by atoms with Crippen LogP contribution in [0.5, 0.6) is 11.5 Å². The highest BCUT2D eigenvalue weighted by Gasteiger charge is 2.22. The first-order chi connectivity index (χ1) is 10.2. The molecule has 1 atom stereocenters. The van der Waals surface area contributed by atoms with Gasteiger partial charge < -0.3 is 14.8 Å². The van der Waals surface area contributed by atoms with E-state index >= 15 is 0 Å². The zero-order valence-corrected chi connectivity index (χ0v) is 13.6. The number of nitrogens with one attached hydrogen (secondary N) is 2. The summed E-state index contributed by atoms with van der Waals surface area (Å²) in [7, 11) is 1.57. The van der Waals surface area contributed by atoms with Gasteiger partial charge in [-0.1, -0.05) is 11.6 Å². The molecule has 1 aliphatic rings. The Hall–Kier alpha value is -1.11. The second-order valence-corrected chi connectivity index (χ2v) is 5.97. The maximum Gasteiger partial charge on any atom is 0.238 e. The molecular weight excluding hydrogens is 312 g/mol. The molecule has 1 aromatic carbocycles. The van der Waals surface area contributed by atoms with Gasteiger partial charge in [0.1, 0.15) is 0 Å². The molecule has 21 heavy (non-hydrogen) atoms. The highest BCUT2D eigenvalue weighted by Crippen LogP contribution is 2.36. The van der Waals surface area contributed by atoms with Crippen LogP contribution in [0.1, 0.15) is 12.5 Å². The summed E-state index contributed by atoms with van der Waals surface area (Å²) in [6.07, 6.45) is 0. The molecule has 7 heteroatoms. The molecule has 1 heterocycles. The van der Waals surface area contributed by atoms with E-state index in [2.05, 4.69) is 10.6 Å². The maximum atomic E-state index is 12.0. The second kappa shape index (κ2) is 7.77. The first-order valence-corrected chi connectivity index (χ1v) is 8.27. The highest BCUT2D eigenvalue weighted by molar-refractivity contribution is 7.99. The molecule has 2 N–H and O–H groups in total. The summed E-state index contributed by atoms with van der Waals surface area (Å²) < 4.78 is 10.8. The van der Waals surface area contributed by atoms with Crippen LogP contribution in [0.3, 0.4) is 0 Å². The topological polar surface area (TPSA) is 59.6 Å². The molecule has 1 unspecified atom stereocenters. The summed E-state index contributed by atoms with van der Waals surface area (Å²) in [6, 6.07) is 3.50. The van der Waals surface area contributed by atoms with E-state index in [0.29, 0.717) is 29.7 Å². The molecule has 1 aliphatic heterocycles. The predicted molar refractivity (Wildman–Crippen MR) is 85.3 cm³/mol. The quantitative estimate of drug-likeness (QED) is 0.835. The standard InChI is InChI=1S/C14H19ClN2O3S/c1-3-20-13-10(15)4-9(5-12(13)19-2)6-16-14(18)11-7-21-8-17-11/h4-5,11,17H,3,6-8H2,1-2H3,(H,16,18). The third kappa shape index (κ3) is 4.18. The zero-order valence-electron chi connectivity index (χ0n) is 12.1. The van der Waals surface area contributed by atoms with Crippen LogP contribution in [0.15, 0.2) is 12.1 Å². The highest BCUT2D eigenvalue weighted by atomic mass is 35.5. The van der Waals surface area contributed by atoms with Crippen LogP contribution in [0, 0.1) is 0 Å². The fraction of sp³-hybridized carbons (Fsp3) is 0.500. The lowest BCUT2D eigenvalue weighted by atomic mass is 10.2. The molecule has 0 spiro atoms. The Morgan fingerprint density at radius 2 is 2.38 bits per heavy atom. The van der Waals surface area contributed by atoms with Crippen molar-refractivity contribution >= 4 is 29.3 Å². The average Bonchev–Trinajstić information content (AvgIpc) is 3.01. The second-order valence-electron chi connectivity index (χ2n) is 4.53. The number of thioether (sulfide) groups is 1. The number of halogens is 1. The van der Waals surface area contributed by atoms with Crippen molar-refractivity contribution < 1.29 is 14.3 Å². The number of hydrogen-bond acceptors (Lipinski definition) is 5. The minimum atomic E-state index is -0.116. The van der Waals surface area contributed by atoms with Crippen LogP contribution in [0.2, 0.25) is 5.02 Å². The lowest BCUT2D eigenvalue weighted by Crippen LogP contribution is -2.41. The van der Waals surface area contributed by atoms with Gasteiger partial charge in [-0.05, 0) is 24.6 Å². The lowest BCUT2D eigenvalue weighted by molar-refractivity contribution is -0.122. The fourth-order valence-electron chi connectivity index (χ4n) is 2.04. The number of amides is 1. The molecular formula is C14H19ClN2O3S. The van der Waals surface area contributed by atoms with Gasteiger partial charge in [-0.3, -0.25) is 10.1 Å². The number of carbonyl (C=O) groups is 1. The molecule has 1 aromatic rings. The van der Waals surface area contributed by atoms with Crippen molar-refractivity contribution in [2.24, 2.45) is 0 Å². The third-order valence-electron chi connectivity index (χ3n) is 3.08. The number of methoxy groups -OCH3 is 1. The van der Waals surface area contributed by atoms with E-state index in [1.807, 2.05) is 13.0 Å². The van der Waals surface area contributed by atoms with Gasteiger partial charge in [0.05, 0.1) is 24.8 Å². The first kappa shape index (κ1) is 16.3. The van der Waals surface area contributed by atoms with Gasteiger partial charge in [-0.25, -0.2) is 0 Å². The van der Waals surface area contributed by atoms with Crippen LogP contribution < -0.4 is 20.1 Å². The van der Waals surface area contributed by atoms with Gasteiger partial charge in [0, 0.05) is 18.2 Å². The zero-order chi connectivity index (χ0) is 15.2. The first-order valence-electron chi connectivity index (χ1n) is 6.73. The molecule has 1 fully saturated rings. The molecule has 2 rings (SSSR count). The summed E-state index contributed by atoms with van der Waals surface area (Å²) in [5.41, 5.74) is 0.874. The van der Waals surface area contributed by atoms with Crippen LogP contribution in [0.25, 0.3) is 0 Å². The Bertz CT molecular complexity index is 507. The molecule has 1 amide bonds. The number of rotatable bonds is 6. The Labute approximate surface area is 133 Å². The summed E-state index contributed by atoms with van der Waals surface area (Å²) >= 11 is 7.92. The van der Waals surface area contributed by atoms with E-state index in [0.717, 1.165) is 17.2 Å². The van der Waals surface area contributed by atoms with Gasteiger partial charge >= 0.3 is 0 Å². The Kier molecular flexibility index (Phi) is 6.02. The molecule has 0 aromatic heterocycles. The SMILES string of the molecule is CCOc1c(Cl)cc(CNC(=O)C2CSCN2)cc1OC. The van der Waals surface area contributed by atoms with E-state index in [4.69, 9.17) is 21.1 Å². The smallest absolute Gasteiger partial charge is 0.238 e. The van der Waals surface area contributed by atoms with Gasteiger partial charge in [0.15, 0.2) is 11.5 Å². The molecule has 0 bridgehead atoms. The van der Waals surface area contributed by atoms with Crippen LogP contribution >= 0.6 is 23.4 Å². The van der Waals surface area contributed by atoms with Crippen molar-refractivity contribution in [1.82, 2.24) is 10.6 Å². The van der Waals surface area contributed by atoms with E-state index in [-0.39, 0.29) is 11.9 Å². The molecule has 116 valence electrons. The van der Waals surface area contributed by atoms with Crippen LogP contribution in [-0.2, 0) is 11.3 Å². The molecule has 5 nitrogen and oxygen atoms in total. The minimum absolute atomic E-state index is 0.00368. The number of hydrogen-bond donors (Lipinski definition) is 2. The van der Waals surface area contributed by atoms with Crippen molar-refractivity contribution in [3.63, 3.8) is 0 Å². The predicted octanol–water partition coefficient (Wildman–Crippen LogP) is 2.03. The fourth-order valence-corrected chi connectivity index (χ4v) is 3.27.